The van der Waals surface area contributed by atoms with Gasteiger partial charge in [-0.25, -0.2) is 8.42 Å². The summed E-state index contributed by atoms with van der Waals surface area (Å²) in [6.07, 6.45) is 1.09. The van der Waals surface area contributed by atoms with Crippen molar-refractivity contribution in [1.82, 2.24) is 5.32 Å². The van der Waals surface area contributed by atoms with Crippen LogP contribution in [0.25, 0.3) is 0 Å². The first-order valence-corrected chi connectivity index (χ1v) is 10.4. The Morgan fingerprint density at radius 1 is 1.12 bits per heavy atom. The largest absolute Gasteiger partial charge is 0.348 e. The van der Waals surface area contributed by atoms with Crippen LogP contribution >= 0.6 is 15.9 Å². The molecule has 0 spiro atoms. The van der Waals surface area contributed by atoms with Gasteiger partial charge in [0.25, 0.3) is 0 Å². The van der Waals surface area contributed by atoms with Crippen molar-refractivity contribution >= 4 is 37.5 Å². The van der Waals surface area contributed by atoms with E-state index in [9.17, 15) is 13.2 Å². The number of rotatable bonds is 6. The van der Waals surface area contributed by atoms with E-state index in [1.807, 2.05) is 38.1 Å². The molecule has 1 amide bonds. The highest BCUT2D eigenvalue weighted by Gasteiger charge is 2.21. The van der Waals surface area contributed by atoms with Crippen molar-refractivity contribution in [2.75, 3.05) is 17.1 Å². The van der Waals surface area contributed by atoms with E-state index in [0.717, 1.165) is 26.2 Å². The zero-order valence-electron chi connectivity index (χ0n) is 14.4. The van der Waals surface area contributed by atoms with Gasteiger partial charge >= 0.3 is 0 Å². The molecule has 0 heterocycles. The fraction of sp³-hybridized carbons (Fsp3) is 0.278. The molecule has 1 atom stereocenters. The highest BCUT2D eigenvalue weighted by atomic mass is 79.9. The molecular weight excluding hydrogens is 404 g/mol. The van der Waals surface area contributed by atoms with Crippen LogP contribution in [-0.2, 0) is 14.8 Å². The predicted octanol–water partition coefficient (Wildman–Crippen LogP) is 3.40. The van der Waals surface area contributed by atoms with Crippen LogP contribution in [0.4, 0.5) is 5.69 Å². The standard InChI is InChI=1S/C18H21BrN2O3S/c1-13-4-6-15(7-5-13)14(2)20-18(22)12-21(25(3,23)24)17-10-8-16(19)9-11-17/h4-11,14H,12H2,1-3H3,(H,20,22)/t14-/m0/s1. The van der Waals surface area contributed by atoms with Crippen LogP contribution in [0.2, 0.25) is 0 Å². The number of anilines is 1. The van der Waals surface area contributed by atoms with Gasteiger partial charge in [0, 0.05) is 4.47 Å². The molecule has 0 aliphatic carbocycles. The minimum absolute atomic E-state index is 0.209. The van der Waals surface area contributed by atoms with Gasteiger partial charge in [-0.2, -0.15) is 0 Å². The summed E-state index contributed by atoms with van der Waals surface area (Å²) in [4.78, 5) is 12.4. The topological polar surface area (TPSA) is 66.5 Å². The van der Waals surface area contributed by atoms with Crippen LogP contribution in [0.5, 0.6) is 0 Å². The van der Waals surface area contributed by atoms with Gasteiger partial charge < -0.3 is 5.32 Å². The Labute approximate surface area is 157 Å². The number of carbonyl (C=O) groups excluding carboxylic acids is 1. The number of amides is 1. The first-order chi connectivity index (χ1) is 11.7. The zero-order chi connectivity index (χ0) is 18.6. The van der Waals surface area contributed by atoms with Gasteiger partial charge in [-0.3, -0.25) is 9.10 Å². The molecule has 0 unspecified atom stereocenters. The van der Waals surface area contributed by atoms with E-state index in [-0.39, 0.29) is 18.5 Å². The number of hydrogen-bond acceptors (Lipinski definition) is 3. The maximum atomic E-state index is 12.4. The zero-order valence-corrected chi connectivity index (χ0v) is 16.8. The molecule has 2 aromatic carbocycles. The number of nitrogens with one attached hydrogen (secondary N) is 1. The van der Waals surface area contributed by atoms with Crippen molar-refractivity contribution in [3.05, 3.63) is 64.1 Å². The molecule has 0 aromatic heterocycles. The summed E-state index contributed by atoms with van der Waals surface area (Å²) in [5, 5.41) is 2.85. The summed E-state index contributed by atoms with van der Waals surface area (Å²) >= 11 is 3.31. The summed E-state index contributed by atoms with van der Waals surface area (Å²) in [5.41, 5.74) is 2.55. The van der Waals surface area contributed by atoms with Gasteiger partial charge in [0.15, 0.2) is 0 Å². The quantitative estimate of drug-likeness (QED) is 0.772. The number of carbonyl (C=O) groups is 1. The Bertz CT molecular complexity index is 834. The number of halogens is 1. The van der Waals surface area contributed by atoms with Crippen molar-refractivity contribution in [2.24, 2.45) is 0 Å². The van der Waals surface area contributed by atoms with Crippen LogP contribution in [-0.4, -0.2) is 27.1 Å². The molecule has 1 N–H and O–H groups in total. The van der Waals surface area contributed by atoms with E-state index in [1.54, 1.807) is 24.3 Å². The molecule has 0 fully saturated rings. The van der Waals surface area contributed by atoms with Crippen LogP contribution < -0.4 is 9.62 Å². The van der Waals surface area contributed by atoms with Crippen LogP contribution in [0.1, 0.15) is 24.1 Å². The lowest BCUT2D eigenvalue weighted by molar-refractivity contribution is -0.120. The third-order valence-electron chi connectivity index (χ3n) is 3.76. The fourth-order valence-corrected chi connectivity index (χ4v) is 3.48. The molecule has 2 rings (SSSR count). The Morgan fingerprint density at radius 3 is 2.20 bits per heavy atom. The Hall–Kier alpha value is -1.86. The summed E-state index contributed by atoms with van der Waals surface area (Å²) < 4.78 is 26.1. The number of sulfonamides is 1. The number of benzene rings is 2. The van der Waals surface area contributed by atoms with Gasteiger partial charge in [0.2, 0.25) is 15.9 Å². The summed E-state index contributed by atoms with van der Waals surface area (Å²) in [6.45, 7) is 3.60. The van der Waals surface area contributed by atoms with Crippen LogP contribution in [0, 0.1) is 6.92 Å². The van der Waals surface area contributed by atoms with Crippen molar-refractivity contribution in [3.63, 3.8) is 0 Å². The SMILES string of the molecule is Cc1ccc([C@H](C)NC(=O)CN(c2ccc(Br)cc2)S(C)(=O)=O)cc1. The molecule has 7 heteroatoms. The molecule has 0 aliphatic rings. The molecule has 25 heavy (non-hydrogen) atoms. The first kappa shape index (κ1) is 19.5. The maximum Gasteiger partial charge on any atom is 0.241 e. The average Bonchev–Trinajstić information content (AvgIpc) is 2.53. The molecule has 134 valence electrons. The van der Waals surface area contributed by atoms with Crippen molar-refractivity contribution in [2.45, 2.75) is 19.9 Å². The van der Waals surface area contributed by atoms with E-state index in [0.29, 0.717) is 5.69 Å². The molecular formula is C18H21BrN2O3S. The van der Waals surface area contributed by atoms with Gasteiger partial charge in [-0.05, 0) is 43.7 Å². The predicted molar refractivity (Wildman–Crippen MR) is 104 cm³/mol. The highest BCUT2D eigenvalue weighted by molar-refractivity contribution is 9.10. The number of hydrogen-bond donors (Lipinski definition) is 1. The van der Waals surface area contributed by atoms with E-state index in [2.05, 4.69) is 21.2 Å². The van der Waals surface area contributed by atoms with Gasteiger partial charge in [-0.1, -0.05) is 45.8 Å². The first-order valence-electron chi connectivity index (χ1n) is 7.76. The highest BCUT2D eigenvalue weighted by Crippen LogP contribution is 2.21. The normalized spacial score (nSPS) is 12.5. The minimum atomic E-state index is -3.57. The third-order valence-corrected chi connectivity index (χ3v) is 5.43. The monoisotopic (exact) mass is 424 g/mol. The minimum Gasteiger partial charge on any atom is -0.348 e. The summed E-state index contributed by atoms with van der Waals surface area (Å²) in [6, 6.07) is 14.4. The molecule has 0 saturated carbocycles. The molecule has 0 saturated heterocycles. The number of nitrogens with zero attached hydrogens (tertiary/aromatic N) is 1. The van der Waals surface area contributed by atoms with Crippen LogP contribution in [0.3, 0.4) is 0 Å². The lowest BCUT2D eigenvalue weighted by Gasteiger charge is -2.23. The van der Waals surface area contributed by atoms with E-state index in [1.165, 1.54) is 0 Å². The molecule has 2 aromatic rings. The van der Waals surface area contributed by atoms with Crippen molar-refractivity contribution in [1.29, 1.82) is 0 Å². The van der Waals surface area contributed by atoms with Crippen LogP contribution in [0.15, 0.2) is 53.0 Å². The van der Waals surface area contributed by atoms with E-state index < -0.39 is 10.0 Å². The molecule has 0 bridgehead atoms. The maximum absolute atomic E-state index is 12.4. The van der Waals surface area contributed by atoms with Gasteiger partial charge in [0.1, 0.15) is 6.54 Å². The number of aryl methyl sites for hydroxylation is 1. The third kappa shape index (κ3) is 5.57. The summed E-state index contributed by atoms with van der Waals surface area (Å²) in [7, 11) is -3.57. The van der Waals surface area contributed by atoms with Crippen molar-refractivity contribution < 1.29 is 13.2 Å². The van der Waals surface area contributed by atoms with E-state index in [4.69, 9.17) is 0 Å². The van der Waals surface area contributed by atoms with Gasteiger partial charge in [0.05, 0.1) is 18.0 Å². The fourth-order valence-electron chi connectivity index (χ4n) is 2.36. The Kier molecular flexibility index (Phi) is 6.24. The van der Waals surface area contributed by atoms with E-state index >= 15 is 0 Å². The smallest absolute Gasteiger partial charge is 0.241 e. The lowest BCUT2D eigenvalue weighted by Crippen LogP contribution is -2.41. The Balaban J connectivity index is 2.12. The average molecular weight is 425 g/mol. The second-order valence-electron chi connectivity index (χ2n) is 5.95. The Morgan fingerprint density at radius 2 is 1.68 bits per heavy atom. The molecule has 0 radical (unpaired) electrons. The second-order valence-corrected chi connectivity index (χ2v) is 8.77. The molecule has 5 nitrogen and oxygen atoms in total. The second kappa shape index (κ2) is 8.01. The molecule has 0 aliphatic heterocycles. The van der Waals surface area contributed by atoms with Gasteiger partial charge in [-0.15, -0.1) is 0 Å². The summed E-state index contributed by atoms with van der Waals surface area (Å²) in [5.74, 6) is -0.360. The lowest BCUT2D eigenvalue weighted by atomic mass is 10.1. The van der Waals surface area contributed by atoms with Crippen molar-refractivity contribution in [3.8, 4) is 0 Å².